The van der Waals surface area contributed by atoms with E-state index in [0.29, 0.717) is 11.6 Å². The van der Waals surface area contributed by atoms with Crippen LogP contribution in [0.15, 0.2) is 59.5 Å². The van der Waals surface area contributed by atoms with E-state index in [1.54, 1.807) is 63.2 Å². The molecule has 3 rings (SSSR count). The average molecular weight is 480 g/mol. The van der Waals surface area contributed by atoms with Crippen LogP contribution in [0.25, 0.3) is 0 Å². The molecule has 9 heteroatoms. The summed E-state index contributed by atoms with van der Waals surface area (Å²) in [6.45, 7) is 5.93. The third-order valence-electron chi connectivity index (χ3n) is 5.76. The predicted octanol–water partition coefficient (Wildman–Crippen LogP) is 4.18. The van der Waals surface area contributed by atoms with Crippen molar-refractivity contribution in [1.29, 1.82) is 0 Å². The maximum absolute atomic E-state index is 12.4. The van der Waals surface area contributed by atoms with Crippen molar-refractivity contribution in [3.63, 3.8) is 0 Å². The summed E-state index contributed by atoms with van der Waals surface area (Å²) < 4.78 is 54.2. The number of hydrogen-bond acceptors (Lipinski definition) is 5. The van der Waals surface area contributed by atoms with Crippen LogP contribution in [0.3, 0.4) is 0 Å². The minimum absolute atomic E-state index is 0.00685. The van der Waals surface area contributed by atoms with E-state index in [9.17, 15) is 16.8 Å². The maximum Gasteiger partial charge on any atom is 0.261 e. The highest BCUT2D eigenvalue weighted by atomic mass is 32.2. The Labute approximate surface area is 192 Å². The summed E-state index contributed by atoms with van der Waals surface area (Å²) in [5.74, 6) is 0.474. The maximum atomic E-state index is 12.4. The minimum Gasteiger partial charge on any atom is -0.385 e. The average Bonchev–Trinajstić information content (AvgIpc) is 2.74. The molecule has 1 saturated carbocycles. The summed E-state index contributed by atoms with van der Waals surface area (Å²) in [5.41, 5.74) is 1.43. The fourth-order valence-electron chi connectivity index (χ4n) is 3.61. The molecule has 2 aromatic rings. The van der Waals surface area contributed by atoms with Crippen LogP contribution in [-0.2, 0) is 20.0 Å². The van der Waals surface area contributed by atoms with Gasteiger partial charge in [0.05, 0.1) is 9.64 Å². The quantitative estimate of drug-likeness (QED) is 0.527. The lowest BCUT2D eigenvalue weighted by Crippen LogP contribution is -2.46. The first-order valence-electron chi connectivity index (χ1n) is 10.9. The molecule has 1 aliphatic carbocycles. The highest BCUT2D eigenvalue weighted by Gasteiger charge is 2.32. The Hall–Kier alpha value is -2.10. The van der Waals surface area contributed by atoms with Crippen molar-refractivity contribution in [2.24, 2.45) is 5.92 Å². The molecule has 0 spiro atoms. The van der Waals surface area contributed by atoms with Crippen LogP contribution in [0.1, 0.15) is 46.5 Å². The second-order valence-electron chi connectivity index (χ2n) is 9.33. The molecule has 0 amide bonds. The van der Waals surface area contributed by atoms with Crippen molar-refractivity contribution in [3.05, 3.63) is 54.6 Å². The number of nitrogens with one attached hydrogen (secondary N) is 3. The van der Waals surface area contributed by atoms with E-state index in [2.05, 4.69) is 14.8 Å². The van der Waals surface area contributed by atoms with Gasteiger partial charge >= 0.3 is 0 Å². The van der Waals surface area contributed by atoms with Crippen LogP contribution in [0, 0.1) is 5.92 Å². The number of benzene rings is 2. The molecule has 0 atom stereocenters. The number of sulfonamides is 2. The van der Waals surface area contributed by atoms with Gasteiger partial charge in [0.25, 0.3) is 10.0 Å². The first-order valence-corrected chi connectivity index (χ1v) is 13.9. The molecule has 0 aliphatic heterocycles. The van der Waals surface area contributed by atoms with Crippen molar-refractivity contribution in [1.82, 2.24) is 4.72 Å². The first kappa shape index (κ1) is 24.5. The third-order valence-corrected chi connectivity index (χ3v) is 9.41. The van der Waals surface area contributed by atoms with Crippen molar-refractivity contribution in [2.45, 2.75) is 62.1 Å². The fraction of sp³-hybridized carbons (Fsp3) is 0.478. The topological polar surface area (TPSA) is 104 Å². The number of hydrogen-bond donors (Lipinski definition) is 3. The van der Waals surface area contributed by atoms with E-state index >= 15 is 0 Å². The highest BCUT2D eigenvalue weighted by Crippen LogP contribution is 2.27. The van der Waals surface area contributed by atoms with Gasteiger partial charge in [-0.3, -0.25) is 4.72 Å². The molecule has 3 N–H and O–H groups in total. The Balaban J connectivity index is 1.46. The van der Waals surface area contributed by atoms with Crippen molar-refractivity contribution >= 4 is 31.4 Å². The zero-order valence-electron chi connectivity index (χ0n) is 18.8. The predicted molar refractivity (Wildman–Crippen MR) is 130 cm³/mol. The van der Waals surface area contributed by atoms with E-state index in [0.717, 1.165) is 37.9 Å². The normalized spacial score (nSPS) is 20.0. The van der Waals surface area contributed by atoms with Gasteiger partial charge in [-0.15, -0.1) is 0 Å². The SMILES string of the molecule is CC(C)(C)S(=O)(=O)N[C@H]1CC[C@H](CNc2ccc(NS(=O)(=O)c3ccccc3)cc2)CC1. The molecule has 1 fully saturated rings. The Morgan fingerprint density at radius 2 is 1.38 bits per heavy atom. The summed E-state index contributed by atoms with van der Waals surface area (Å²) in [7, 11) is -6.92. The van der Waals surface area contributed by atoms with Gasteiger partial charge in [-0.25, -0.2) is 21.6 Å². The highest BCUT2D eigenvalue weighted by molar-refractivity contribution is 7.92. The van der Waals surface area contributed by atoms with Crippen LogP contribution >= 0.6 is 0 Å². The molecule has 32 heavy (non-hydrogen) atoms. The summed E-state index contributed by atoms with van der Waals surface area (Å²) in [6.07, 6.45) is 3.59. The van der Waals surface area contributed by atoms with Crippen LogP contribution < -0.4 is 14.8 Å². The Morgan fingerprint density at radius 3 is 1.94 bits per heavy atom. The van der Waals surface area contributed by atoms with Crippen molar-refractivity contribution in [3.8, 4) is 0 Å². The Bertz CT molecular complexity index is 1090. The molecular weight excluding hydrogens is 446 g/mol. The molecule has 0 heterocycles. The van der Waals surface area contributed by atoms with Gasteiger partial charge < -0.3 is 5.32 Å². The zero-order valence-corrected chi connectivity index (χ0v) is 20.5. The van der Waals surface area contributed by atoms with E-state index in [1.165, 1.54) is 0 Å². The molecule has 176 valence electrons. The number of anilines is 2. The third kappa shape index (κ3) is 6.46. The lowest BCUT2D eigenvalue weighted by atomic mass is 9.86. The fourth-order valence-corrected chi connectivity index (χ4v) is 5.72. The van der Waals surface area contributed by atoms with Gasteiger partial charge in [0, 0.05) is 24.0 Å². The minimum atomic E-state index is -3.60. The van der Waals surface area contributed by atoms with Crippen LogP contribution in [0.4, 0.5) is 11.4 Å². The largest absolute Gasteiger partial charge is 0.385 e. The van der Waals surface area contributed by atoms with Gasteiger partial charge in [-0.1, -0.05) is 18.2 Å². The van der Waals surface area contributed by atoms with Gasteiger partial charge in [0.2, 0.25) is 10.0 Å². The van der Waals surface area contributed by atoms with Crippen molar-refractivity contribution in [2.75, 3.05) is 16.6 Å². The molecule has 0 unspecified atom stereocenters. The summed E-state index contributed by atoms with van der Waals surface area (Å²) in [4.78, 5) is 0.225. The first-order chi connectivity index (χ1) is 15.0. The molecule has 1 aliphatic rings. The smallest absolute Gasteiger partial charge is 0.261 e. The van der Waals surface area contributed by atoms with Gasteiger partial charge in [-0.05, 0) is 88.8 Å². The van der Waals surface area contributed by atoms with E-state index in [-0.39, 0.29) is 10.9 Å². The standard InChI is InChI=1S/C23H33N3O4S2/c1-23(2,3)32(29,30)26-21-11-9-18(10-12-21)17-24-19-13-15-20(16-14-19)25-31(27,28)22-7-5-4-6-8-22/h4-8,13-16,18,21,24-26H,9-12,17H2,1-3H3/t18-,21-. The van der Waals surface area contributed by atoms with E-state index < -0.39 is 24.8 Å². The van der Waals surface area contributed by atoms with Crippen LogP contribution in [0.5, 0.6) is 0 Å². The Kier molecular flexibility index (Phi) is 7.52. The molecule has 2 aromatic carbocycles. The molecule has 0 bridgehead atoms. The summed E-state index contributed by atoms with van der Waals surface area (Å²) in [5, 5.41) is 3.41. The molecule has 0 radical (unpaired) electrons. The second-order valence-corrected chi connectivity index (χ2v) is 13.5. The van der Waals surface area contributed by atoms with Crippen LogP contribution in [-0.4, -0.2) is 34.2 Å². The lowest BCUT2D eigenvalue weighted by molar-refractivity contribution is 0.322. The summed E-state index contributed by atoms with van der Waals surface area (Å²) in [6, 6.07) is 15.5. The Morgan fingerprint density at radius 1 is 0.812 bits per heavy atom. The lowest BCUT2D eigenvalue weighted by Gasteiger charge is -2.31. The molecule has 7 nitrogen and oxygen atoms in total. The van der Waals surface area contributed by atoms with Gasteiger partial charge in [-0.2, -0.15) is 0 Å². The van der Waals surface area contributed by atoms with Crippen molar-refractivity contribution < 1.29 is 16.8 Å². The van der Waals surface area contributed by atoms with Gasteiger partial charge in [0.15, 0.2) is 0 Å². The van der Waals surface area contributed by atoms with Gasteiger partial charge in [0.1, 0.15) is 0 Å². The zero-order chi connectivity index (χ0) is 23.4. The molecule has 0 aromatic heterocycles. The van der Waals surface area contributed by atoms with E-state index in [4.69, 9.17) is 0 Å². The molecular formula is C23H33N3O4S2. The summed E-state index contributed by atoms with van der Waals surface area (Å²) >= 11 is 0. The van der Waals surface area contributed by atoms with Crippen LogP contribution in [0.2, 0.25) is 0 Å². The van der Waals surface area contributed by atoms with E-state index in [1.807, 2.05) is 12.1 Å². The second kappa shape index (κ2) is 9.80. The molecule has 0 saturated heterocycles. The number of rotatable bonds is 8. The monoisotopic (exact) mass is 479 g/mol.